The Balaban J connectivity index is 1.77. The van der Waals surface area contributed by atoms with Gasteiger partial charge in [0.25, 0.3) is 5.56 Å². The molecular formula is C16H21N5O2. The summed E-state index contributed by atoms with van der Waals surface area (Å²) in [5, 5.41) is 3.70. The number of benzene rings is 1. The molecule has 1 aromatic heterocycles. The van der Waals surface area contributed by atoms with Crippen LogP contribution in [0.15, 0.2) is 29.3 Å². The molecule has 0 bridgehead atoms. The normalized spacial score (nSPS) is 21.4. The van der Waals surface area contributed by atoms with Crippen LogP contribution in [0.5, 0.6) is 0 Å². The molecule has 1 aliphatic rings. The van der Waals surface area contributed by atoms with Crippen LogP contribution in [0, 0.1) is 0 Å². The Morgan fingerprint density at radius 3 is 3.04 bits per heavy atom. The Labute approximate surface area is 133 Å². The third-order valence-corrected chi connectivity index (χ3v) is 4.28. The molecule has 1 saturated heterocycles. The summed E-state index contributed by atoms with van der Waals surface area (Å²) in [4.78, 5) is 28.9. The smallest absolute Gasteiger partial charge is 0.261 e. The largest absolute Gasteiger partial charge is 0.399 e. The van der Waals surface area contributed by atoms with Crippen molar-refractivity contribution in [3.8, 4) is 0 Å². The highest BCUT2D eigenvalue weighted by Crippen LogP contribution is 2.12. The molecule has 2 atom stereocenters. The summed E-state index contributed by atoms with van der Waals surface area (Å²) >= 11 is 0. The number of carbonyl (C=O) groups excluding carboxylic acids is 1. The number of anilines is 1. The molecule has 0 spiro atoms. The molecule has 5 N–H and O–H groups in total. The minimum Gasteiger partial charge on any atom is -0.399 e. The predicted octanol–water partition coefficient (Wildman–Crippen LogP) is 0.0172. The van der Waals surface area contributed by atoms with Crippen molar-refractivity contribution in [2.45, 2.75) is 37.9 Å². The van der Waals surface area contributed by atoms with E-state index < -0.39 is 0 Å². The van der Waals surface area contributed by atoms with Gasteiger partial charge < -0.3 is 16.8 Å². The molecule has 0 aliphatic carbocycles. The average molecular weight is 315 g/mol. The van der Waals surface area contributed by atoms with Crippen LogP contribution in [-0.4, -0.2) is 34.0 Å². The number of hydrogen-bond acceptors (Lipinski definition) is 6. The van der Waals surface area contributed by atoms with Crippen molar-refractivity contribution >= 4 is 22.4 Å². The Morgan fingerprint density at radius 1 is 1.43 bits per heavy atom. The molecule has 1 aromatic carbocycles. The molecule has 1 fully saturated rings. The number of nitrogens with zero attached hydrogens (tertiary/aromatic N) is 2. The van der Waals surface area contributed by atoms with Gasteiger partial charge in [0.2, 0.25) is 0 Å². The standard InChI is InChI=1S/C16H21N5O2/c17-10-3-4-14-12(6-10)16(23)21(9-20-14)8-11(22)7-15-13(18)2-1-5-19-15/h3-4,6,9,13,15,19H,1-2,5,7-8,17-18H2/t13-,15+/m0/s1. The van der Waals surface area contributed by atoms with E-state index in [1.165, 1.54) is 10.9 Å². The first-order chi connectivity index (χ1) is 11.0. The van der Waals surface area contributed by atoms with E-state index in [2.05, 4.69) is 10.3 Å². The summed E-state index contributed by atoms with van der Waals surface area (Å²) in [5.74, 6) is -0.0352. The van der Waals surface area contributed by atoms with E-state index in [9.17, 15) is 9.59 Å². The van der Waals surface area contributed by atoms with Crippen LogP contribution < -0.4 is 22.3 Å². The van der Waals surface area contributed by atoms with Crippen molar-refractivity contribution in [2.75, 3.05) is 12.3 Å². The number of rotatable bonds is 4. The molecule has 0 saturated carbocycles. The molecule has 2 heterocycles. The van der Waals surface area contributed by atoms with Gasteiger partial charge in [0, 0.05) is 24.2 Å². The second-order valence-electron chi connectivity index (χ2n) is 6.06. The minimum atomic E-state index is -0.253. The maximum Gasteiger partial charge on any atom is 0.261 e. The zero-order chi connectivity index (χ0) is 16.4. The number of nitrogens with one attached hydrogen (secondary N) is 1. The SMILES string of the molecule is Nc1ccc2ncn(CC(=O)C[C@H]3NCCC[C@@H]3N)c(=O)c2c1. The van der Waals surface area contributed by atoms with Gasteiger partial charge >= 0.3 is 0 Å². The van der Waals surface area contributed by atoms with Crippen LogP contribution in [-0.2, 0) is 11.3 Å². The molecule has 0 radical (unpaired) electrons. The van der Waals surface area contributed by atoms with Gasteiger partial charge in [0.1, 0.15) is 0 Å². The number of hydrogen-bond donors (Lipinski definition) is 3. The number of piperidine rings is 1. The van der Waals surface area contributed by atoms with Gasteiger partial charge in [0.15, 0.2) is 5.78 Å². The zero-order valence-electron chi connectivity index (χ0n) is 12.9. The first-order valence-corrected chi connectivity index (χ1v) is 7.80. The molecule has 23 heavy (non-hydrogen) atoms. The molecule has 7 nitrogen and oxygen atoms in total. The monoisotopic (exact) mass is 315 g/mol. The van der Waals surface area contributed by atoms with Crippen molar-refractivity contribution in [1.82, 2.24) is 14.9 Å². The molecule has 3 rings (SSSR count). The van der Waals surface area contributed by atoms with Gasteiger partial charge in [-0.25, -0.2) is 4.98 Å². The fraction of sp³-hybridized carbons (Fsp3) is 0.438. The van der Waals surface area contributed by atoms with Crippen molar-refractivity contribution in [1.29, 1.82) is 0 Å². The Morgan fingerprint density at radius 2 is 2.26 bits per heavy atom. The second kappa shape index (κ2) is 6.47. The maximum absolute atomic E-state index is 12.4. The first-order valence-electron chi connectivity index (χ1n) is 7.80. The fourth-order valence-electron chi connectivity index (χ4n) is 2.99. The number of Topliss-reactive ketones (excluding diaryl/α,β-unsaturated/α-hetero) is 1. The Kier molecular flexibility index (Phi) is 4.40. The zero-order valence-corrected chi connectivity index (χ0v) is 12.9. The number of nitrogens with two attached hydrogens (primary N) is 2. The van der Waals surface area contributed by atoms with Crippen LogP contribution in [0.3, 0.4) is 0 Å². The molecule has 7 heteroatoms. The number of carbonyl (C=O) groups is 1. The topological polar surface area (TPSA) is 116 Å². The van der Waals surface area contributed by atoms with Gasteiger partial charge in [-0.2, -0.15) is 0 Å². The molecule has 2 aromatic rings. The van der Waals surface area contributed by atoms with E-state index in [0.717, 1.165) is 19.4 Å². The minimum absolute atomic E-state index is 0.00146. The lowest BCUT2D eigenvalue weighted by atomic mass is 9.95. The third-order valence-electron chi connectivity index (χ3n) is 4.28. The summed E-state index contributed by atoms with van der Waals surface area (Å²) in [6.45, 7) is 0.879. The molecule has 122 valence electrons. The lowest BCUT2D eigenvalue weighted by Crippen LogP contribution is -2.50. The average Bonchev–Trinajstić information content (AvgIpc) is 2.53. The van der Waals surface area contributed by atoms with Gasteiger partial charge in [0.05, 0.1) is 23.8 Å². The van der Waals surface area contributed by atoms with Gasteiger partial charge in [-0.15, -0.1) is 0 Å². The van der Waals surface area contributed by atoms with Crippen molar-refractivity contribution in [3.63, 3.8) is 0 Å². The molecule has 0 amide bonds. The fourth-order valence-corrected chi connectivity index (χ4v) is 2.99. The Bertz CT molecular complexity index is 786. The van der Waals surface area contributed by atoms with Crippen molar-refractivity contribution in [2.24, 2.45) is 5.73 Å². The molecular weight excluding hydrogens is 294 g/mol. The van der Waals surface area contributed by atoms with E-state index in [-0.39, 0.29) is 30.0 Å². The summed E-state index contributed by atoms with van der Waals surface area (Å²) in [6, 6.07) is 4.95. The van der Waals surface area contributed by atoms with E-state index >= 15 is 0 Å². The summed E-state index contributed by atoms with van der Waals surface area (Å²) < 4.78 is 1.33. The highest BCUT2D eigenvalue weighted by atomic mass is 16.1. The van der Waals surface area contributed by atoms with Gasteiger partial charge in [-0.1, -0.05) is 0 Å². The highest BCUT2D eigenvalue weighted by Gasteiger charge is 2.23. The van der Waals surface area contributed by atoms with Crippen LogP contribution >= 0.6 is 0 Å². The quantitative estimate of drug-likeness (QED) is 0.685. The van der Waals surface area contributed by atoms with Crippen LogP contribution in [0.25, 0.3) is 10.9 Å². The number of nitrogen functional groups attached to an aromatic ring is 1. The van der Waals surface area contributed by atoms with Crippen LogP contribution in [0.1, 0.15) is 19.3 Å². The maximum atomic E-state index is 12.4. The number of ketones is 1. The van der Waals surface area contributed by atoms with E-state index in [1.54, 1.807) is 18.2 Å². The van der Waals surface area contributed by atoms with Crippen LogP contribution in [0.4, 0.5) is 5.69 Å². The van der Waals surface area contributed by atoms with E-state index in [0.29, 0.717) is 23.0 Å². The van der Waals surface area contributed by atoms with Gasteiger partial charge in [-0.05, 0) is 37.6 Å². The summed E-state index contributed by atoms with van der Waals surface area (Å²) in [5.41, 5.74) is 12.6. The number of aromatic nitrogens is 2. The predicted molar refractivity (Wildman–Crippen MR) is 89.0 cm³/mol. The highest BCUT2D eigenvalue weighted by molar-refractivity contribution is 5.82. The van der Waals surface area contributed by atoms with Crippen molar-refractivity contribution in [3.05, 3.63) is 34.9 Å². The van der Waals surface area contributed by atoms with Crippen LogP contribution in [0.2, 0.25) is 0 Å². The molecule has 1 aliphatic heterocycles. The summed E-state index contributed by atoms with van der Waals surface area (Å²) in [7, 11) is 0. The van der Waals surface area contributed by atoms with Crippen molar-refractivity contribution < 1.29 is 4.79 Å². The number of fused-ring (bicyclic) bond motifs is 1. The lowest BCUT2D eigenvalue weighted by molar-refractivity contribution is -0.120. The third kappa shape index (κ3) is 3.40. The Hall–Kier alpha value is -2.25. The van der Waals surface area contributed by atoms with E-state index in [1.807, 2.05) is 0 Å². The summed E-state index contributed by atoms with van der Waals surface area (Å²) in [6.07, 6.45) is 3.68. The van der Waals surface area contributed by atoms with E-state index in [4.69, 9.17) is 11.5 Å². The molecule has 0 unspecified atom stereocenters. The second-order valence-corrected chi connectivity index (χ2v) is 6.06. The lowest BCUT2D eigenvalue weighted by Gasteiger charge is -2.29. The first kappa shape index (κ1) is 15.6. The van der Waals surface area contributed by atoms with Gasteiger partial charge in [-0.3, -0.25) is 14.2 Å².